The van der Waals surface area contributed by atoms with E-state index in [1.54, 1.807) is 6.08 Å². The summed E-state index contributed by atoms with van der Waals surface area (Å²) in [5.41, 5.74) is 3.44. The molecule has 1 amide bonds. The number of hydrogen-bond acceptors (Lipinski definition) is 3. The molecule has 0 aliphatic rings. The largest absolute Gasteiger partial charge is 0.492 e. The first-order valence-corrected chi connectivity index (χ1v) is 11.7. The van der Waals surface area contributed by atoms with Crippen LogP contribution < -0.4 is 10.1 Å². The van der Waals surface area contributed by atoms with E-state index in [1.807, 2.05) is 48.7 Å². The summed E-state index contributed by atoms with van der Waals surface area (Å²) in [7, 11) is 0. The summed E-state index contributed by atoms with van der Waals surface area (Å²) < 4.78 is 21.2. The van der Waals surface area contributed by atoms with Crippen molar-refractivity contribution in [2.75, 3.05) is 11.9 Å². The van der Waals surface area contributed by atoms with Crippen LogP contribution in [0.3, 0.4) is 0 Å². The smallest absolute Gasteiger partial charge is 0.266 e. The van der Waals surface area contributed by atoms with Crippen molar-refractivity contribution in [1.29, 1.82) is 5.26 Å². The predicted molar refractivity (Wildman–Crippen MR) is 141 cm³/mol. The Morgan fingerprint density at radius 1 is 1.06 bits per heavy atom. The Morgan fingerprint density at radius 2 is 1.75 bits per heavy atom. The van der Waals surface area contributed by atoms with Crippen molar-refractivity contribution in [3.05, 3.63) is 102 Å². The summed E-state index contributed by atoms with van der Waals surface area (Å²) in [5.74, 6) is -0.144. The molecule has 0 radical (unpaired) electrons. The lowest BCUT2D eigenvalue weighted by Gasteiger charge is -2.19. The molecule has 1 N–H and O–H groups in total. The fourth-order valence-corrected chi connectivity index (χ4v) is 3.92. The monoisotopic (exact) mass is 481 g/mol. The van der Waals surface area contributed by atoms with E-state index in [-0.39, 0.29) is 11.0 Å². The minimum absolute atomic E-state index is 0.0441. The van der Waals surface area contributed by atoms with Gasteiger partial charge in [-0.25, -0.2) is 4.39 Å². The second-order valence-corrected chi connectivity index (χ2v) is 9.55. The van der Waals surface area contributed by atoms with Gasteiger partial charge in [0.25, 0.3) is 5.91 Å². The highest BCUT2D eigenvalue weighted by molar-refractivity contribution is 6.10. The molecular formula is C30H28FN3O2. The Morgan fingerprint density at radius 3 is 2.42 bits per heavy atom. The molecule has 0 aliphatic heterocycles. The van der Waals surface area contributed by atoms with Gasteiger partial charge in [0.15, 0.2) is 0 Å². The van der Waals surface area contributed by atoms with Crippen LogP contribution in [-0.2, 0) is 16.8 Å². The Hall–Kier alpha value is -4.37. The van der Waals surface area contributed by atoms with Gasteiger partial charge in [0.1, 0.15) is 29.8 Å². The summed E-state index contributed by atoms with van der Waals surface area (Å²) in [6.45, 7) is 7.59. The molecule has 6 heteroatoms. The van der Waals surface area contributed by atoms with Crippen LogP contribution in [-0.4, -0.2) is 17.1 Å². The van der Waals surface area contributed by atoms with E-state index in [9.17, 15) is 14.4 Å². The number of nitrogens with one attached hydrogen (secondary N) is 1. The fourth-order valence-electron chi connectivity index (χ4n) is 3.92. The second kappa shape index (κ2) is 10.5. The van der Waals surface area contributed by atoms with Crippen molar-refractivity contribution in [2.24, 2.45) is 0 Å². The van der Waals surface area contributed by atoms with Crippen LogP contribution in [0.4, 0.5) is 10.1 Å². The Bertz CT molecular complexity index is 1440. The first-order chi connectivity index (χ1) is 17.2. The number of ether oxygens (including phenoxy) is 1. The number of hydrogen-bond donors (Lipinski definition) is 1. The average Bonchev–Trinajstić information content (AvgIpc) is 3.21. The van der Waals surface area contributed by atoms with Crippen molar-refractivity contribution in [1.82, 2.24) is 4.57 Å². The fraction of sp³-hybridized carbons (Fsp3) is 0.200. The topological polar surface area (TPSA) is 67.0 Å². The number of anilines is 1. The molecule has 0 saturated carbocycles. The molecule has 0 saturated heterocycles. The summed E-state index contributed by atoms with van der Waals surface area (Å²) in [4.78, 5) is 12.7. The van der Waals surface area contributed by atoms with Crippen LogP contribution in [0.15, 0.2) is 84.6 Å². The van der Waals surface area contributed by atoms with Crippen molar-refractivity contribution in [3.63, 3.8) is 0 Å². The van der Waals surface area contributed by atoms with Gasteiger partial charge in [-0.1, -0.05) is 51.1 Å². The van der Waals surface area contributed by atoms with Gasteiger partial charge in [-0.05, 0) is 59.5 Å². The number of benzene rings is 3. The molecule has 5 nitrogen and oxygen atoms in total. The SMILES string of the molecule is CC(C)(C)c1ccc(OCCn2cc(/C=C(\C#N)C(=O)Nc3ccc(F)cc3)c3ccccc32)cc1. The standard InChI is InChI=1S/C30H28FN3O2/c1-30(2,3)23-8-14-26(15-9-23)36-17-16-34-20-22(27-6-4-5-7-28(27)34)18-21(19-32)29(35)33-25-12-10-24(31)11-13-25/h4-15,18,20H,16-17H2,1-3H3,(H,33,35)/b21-18+. The predicted octanol–water partition coefficient (Wildman–Crippen LogP) is 6.70. The van der Waals surface area contributed by atoms with Gasteiger partial charge >= 0.3 is 0 Å². The molecular weight excluding hydrogens is 453 g/mol. The number of para-hydroxylation sites is 1. The van der Waals surface area contributed by atoms with Crippen LogP contribution in [0.25, 0.3) is 17.0 Å². The van der Waals surface area contributed by atoms with E-state index in [4.69, 9.17) is 4.74 Å². The molecule has 0 atom stereocenters. The number of carbonyl (C=O) groups excluding carboxylic acids is 1. The van der Waals surface area contributed by atoms with Crippen LogP contribution in [0.5, 0.6) is 5.75 Å². The van der Waals surface area contributed by atoms with Crippen molar-refractivity contribution in [3.8, 4) is 11.8 Å². The van der Waals surface area contributed by atoms with Gasteiger partial charge in [-0.15, -0.1) is 0 Å². The Balaban J connectivity index is 1.50. The Kier molecular flexibility index (Phi) is 7.21. The number of carbonyl (C=O) groups is 1. The highest BCUT2D eigenvalue weighted by Gasteiger charge is 2.14. The lowest BCUT2D eigenvalue weighted by Crippen LogP contribution is -2.13. The number of aromatic nitrogens is 1. The maximum absolute atomic E-state index is 13.1. The molecule has 4 aromatic rings. The summed E-state index contributed by atoms with van der Waals surface area (Å²) >= 11 is 0. The zero-order chi connectivity index (χ0) is 25.7. The van der Waals surface area contributed by atoms with E-state index >= 15 is 0 Å². The van der Waals surface area contributed by atoms with Gasteiger partial charge in [-0.2, -0.15) is 5.26 Å². The molecule has 0 fully saturated rings. The zero-order valence-electron chi connectivity index (χ0n) is 20.6. The minimum atomic E-state index is -0.553. The highest BCUT2D eigenvalue weighted by Crippen LogP contribution is 2.26. The minimum Gasteiger partial charge on any atom is -0.492 e. The molecule has 1 aromatic heterocycles. The zero-order valence-corrected chi connectivity index (χ0v) is 20.6. The maximum atomic E-state index is 13.1. The molecule has 36 heavy (non-hydrogen) atoms. The molecule has 0 unspecified atom stereocenters. The van der Waals surface area contributed by atoms with E-state index in [0.29, 0.717) is 18.8 Å². The van der Waals surface area contributed by atoms with E-state index in [1.165, 1.54) is 29.8 Å². The lowest BCUT2D eigenvalue weighted by molar-refractivity contribution is -0.112. The Labute approximate surface area is 210 Å². The van der Waals surface area contributed by atoms with E-state index in [0.717, 1.165) is 22.2 Å². The quantitative estimate of drug-likeness (QED) is 0.236. The molecule has 1 heterocycles. The van der Waals surface area contributed by atoms with Crippen LogP contribution >= 0.6 is 0 Å². The van der Waals surface area contributed by atoms with Gasteiger partial charge in [-0.3, -0.25) is 4.79 Å². The third-order valence-electron chi connectivity index (χ3n) is 5.91. The number of fused-ring (bicyclic) bond motifs is 1. The van der Waals surface area contributed by atoms with Gasteiger partial charge in [0.2, 0.25) is 0 Å². The van der Waals surface area contributed by atoms with Crippen molar-refractivity contribution >= 4 is 28.6 Å². The number of rotatable bonds is 7. The average molecular weight is 482 g/mol. The van der Waals surface area contributed by atoms with Crippen LogP contribution in [0.1, 0.15) is 31.9 Å². The highest BCUT2D eigenvalue weighted by atomic mass is 19.1. The summed E-state index contributed by atoms with van der Waals surface area (Å²) in [6.07, 6.45) is 3.49. The van der Waals surface area contributed by atoms with Crippen molar-refractivity contribution in [2.45, 2.75) is 32.7 Å². The van der Waals surface area contributed by atoms with Gasteiger partial charge in [0.05, 0.1) is 6.54 Å². The van der Waals surface area contributed by atoms with Crippen LogP contribution in [0.2, 0.25) is 0 Å². The first kappa shape index (κ1) is 24.7. The third-order valence-corrected chi connectivity index (χ3v) is 5.91. The third kappa shape index (κ3) is 5.81. The summed E-state index contributed by atoms with van der Waals surface area (Å²) in [5, 5.41) is 13.2. The normalized spacial score (nSPS) is 11.8. The molecule has 0 bridgehead atoms. The molecule has 0 spiro atoms. The maximum Gasteiger partial charge on any atom is 0.266 e. The molecule has 182 valence electrons. The van der Waals surface area contributed by atoms with E-state index < -0.39 is 11.7 Å². The molecule has 4 rings (SSSR count). The van der Waals surface area contributed by atoms with Crippen molar-refractivity contribution < 1.29 is 13.9 Å². The summed E-state index contributed by atoms with van der Waals surface area (Å²) in [6, 6.07) is 23.3. The number of nitriles is 1. The molecule has 0 aliphatic carbocycles. The van der Waals surface area contributed by atoms with E-state index in [2.05, 4.69) is 42.8 Å². The molecule has 3 aromatic carbocycles. The first-order valence-electron chi connectivity index (χ1n) is 11.7. The number of nitrogens with zero attached hydrogens (tertiary/aromatic N) is 2. The second-order valence-electron chi connectivity index (χ2n) is 9.55. The lowest BCUT2D eigenvalue weighted by atomic mass is 9.87. The number of amides is 1. The van der Waals surface area contributed by atoms with Gasteiger partial charge in [0, 0.05) is 28.4 Å². The number of halogens is 1. The van der Waals surface area contributed by atoms with Crippen LogP contribution in [0, 0.1) is 17.1 Å². The van der Waals surface area contributed by atoms with Gasteiger partial charge < -0.3 is 14.6 Å².